The number of hydrogen-bond acceptors (Lipinski definition) is 3. The Morgan fingerprint density at radius 2 is 0.771 bits per heavy atom. The van der Waals surface area contributed by atoms with Crippen molar-refractivity contribution in [2.75, 3.05) is 0 Å². The van der Waals surface area contributed by atoms with E-state index in [2.05, 4.69) is 149 Å². The number of para-hydroxylation sites is 4. The van der Waals surface area contributed by atoms with E-state index in [0.717, 1.165) is 78.6 Å². The summed E-state index contributed by atoms with van der Waals surface area (Å²) in [5.74, 6) is 2.64. The molecule has 0 N–H and O–H groups in total. The van der Waals surface area contributed by atoms with Gasteiger partial charge in [0.15, 0.2) is 0 Å². The van der Waals surface area contributed by atoms with E-state index in [0.29, 0.717) is 0 Å². The Bertz CT molecular complexity index is 3030. The van der Waals surface area contributed by atoms with Gasteiger partial charge in [-0.1, -0.05) is 48.5 Å². The van der Waals surface area contributed by atoms with Crippen molar-refractivity contribution in [1.82, 2.24) is 41.9 Å². The molecule has 0 bridgehead atoms. The molecule has 11 aromatic rings. The Morgan fingerprint density at radius 1 is 0.333 bits per heavy atom. The summed E-state index contributed by atoms with van der Waals surface area (Å²) >= 11 is 0. The van der Waals surface area contributed by atoms with Crippen LogP contribution in [0.1, 0.15) is 0 Å². The highest BCUT2D eigenvalue weighted by Gasteiger charge is 2.15. The molecule has 0 amide bonds. The van der Waals surface area contributed by atoms with Crippen LogP contribution < -0.4 is 0 Å². The average Bonchev–Trinajstić information content (AvgIpc) is 3.97. The lowest BCUT2D eigenvalue weighted by molar-refractivity contribution is 1.07. The van der Waals surface area contributed by atoms with Gasteiger partial charge in [-0.2, -0.15) is 0 Å². The molecule has 0 fully saturated rings. The molecule has 226 valence electrons. The van der Waals surface area contributed by atoms with Crippen LogP contribution in [0.2, 0.25) is 0 Å². The van der Waals surface area contributed by atoms with E-state index >= 15 is 0 Å². The predicted molar refractivity (Wildman–Crippen MR) is 189 cm³/mol. The van der Waals surface area contributed by atoms with Crippen LogP contribution in [0.3, 0.4) is 0 Å². The summed E-state index contributed by atoms with van der Waals surface area (Å²) in [6, 6.07) is 40.0. The van der Waals surface area contributed by atoms with Crippen LogP contribution >= 0.6 is 0 Å². The maximum Gasteiger partial charge on any atom is 0.219 e. The fourth-order valence-corrected chi connectivity index (χ4v) is 7.11. The molecule has 0 saturated heterocycles. The van der Waals surface area contributed by atoms with Gasteiger partial charge >= 0.3 is 0 Å². The van der Waals surface area contributed by atoms with Crippen molar-refractivity contribution < 1.29 is 0 Å². The lowest BCUT2D eigenvalue weighted by atomic mass is 10.0. The minimum atomic E-state index is 0.860. The molecule has 48 heavy (non-hydrogen) atoms. The number of fused-ring (bicyclic) bond motifs is 9. The predicted octanol–water partition coefficient (Wildman–Crippen LogP) is 8.13. The van der Waals surface area contributed by atoms with Crippen LogP contribution in [0.25, 0.3) is 78.6 Å². The van der Waals surface area contributed by atoms with Crippen molar-refractivity contribution in [2.45, 2.75) is 0 Å². The lowest BCUT2D eigenvalue weighted by Gasteiger charge is -2.09. The third-order valence-electron chi connectivity index (χ3n) is 9.41. The van der Waals surface area contributed by atoms with Gasteiger partial charge in [-0.3, -0.25) is 26.9 Å². The molecule has 6 aromatic heterocycles. The number of hydrogen-bond donors (Lipinski definition) is 0. The molecule has 0 aliphatic carbocycles. The molecular formula is C39H25N9. The van der Waals surface area contributed by atoms with E-state index in [1.165, 1.54) is 0 Å². The van der Waals surface area contributed by atoms with Crippen LogP contribution in [0.4, 0.5) is 0 Å². The van der Waals surface area contributed by atoms with Crippen LogP contribution in [0.15, 0.2) is 152 Å². The van der Waals surface area contributed by atoms with Crippen molar-refractivity contribution in [1.29, 1.82) is 0 Å². The van der Waals surface area contributed by atoms with Crippen LogP contribution in [0.5, 0.6) is 0 Å². The molecule has 0 radical (unpaired) electrons. The third kappa shape index (κ3) is 3.52. The summed E-state index contributed by atoms with van der Waals surface area (Å²) in [6.07, 6.45) is 12.5. The molecule has 0 aliphatic rings. The minimum absolute atomic E-state index is 0.860. The van der Waals surface area contributed by atoms with Gasteiger partial charge in [-0.25, -0.2) is 15.0 Å². The molecular weight excluding hydrogens is 594 g/mol. The number of imidazole rings is 6. The molecule has 9 heteroatoms. The third-order valence-corrected chi connectivity index (χ3v) is 9.41. The maximum absolute atomic E-state index is 5.05. The molecule has 0 spiro atoms. The van der Waals surface area contributed by atoms with E-state index in [-0.39, 0.29) is 0 Å². The second-order valence-electron chi connectivity index (χ2n) is 12.1. The minimum Gasteiger partial charge on any atom is -0.286 e. The Morgan fingerprint density at radius 3 is 1.29 bits per heavy atom. The molecule has 6 heterocycles. The Hall–Kier alpha value is -6.87. The smallest absolute Gasteiger partial charge is 0.219 e. The van der Waals surface area contributed by atoms with E-state index < -0.39 is 0 Å². The normalized spacial score (nSPS) is 12.2. The maximum atomic E-state index is 5.05. The van der Waals surface area contributed by atoms with Gasteiger partial charge in [0, 0.05) is 48.6 Å². The zero-order valence-corrected chi connectivity index (χ0v) is 25.5. The fourth-order valence-electron chi connectivity index (χ4n) is 7.11. The van der Waals surface area contributed by atoms with Gasteiger partial charge in [-0.05, 0) is 77.9 Å². The molecule has 9 nitrogen and oxygen atoms in total. The molecule has 0 saturated carbocycles. The first-order chi connectivity index (χ1) is 23.8. The van der Waals surface area contributed by atoms with Crippen molar-refractivity contribution in [2.24, 2.45) is 0 Å². The molecule has 0 unspecified atom stereocenters. The lowest BCUT2D eigenvalue weighted by Crippen LogP contribution is -1.95. The summed E-state index contributed by atoms with van der Waals surface area (Å²) in [7, 11) is 0. The number of nitrogens with zero attached hydrogens (tertiary/aromatic N) is 9. The second kappa shape index (κ2) is 9.34. The van der Waals surface area contributed by atoms with Gasteiger partial charge in [0.25, 0.3) is 0 Å². The fraction of sp³-hybridized carbons (Fsp3) is 0. The SMILES string of the molecule is c1cc(-c2cccc(-n3ccn4c5cc(-n6ccn7c8ccccc8nc67)ccc5nc34)c2)cc(-n2ccn3c4ccccc4nc23)c1. The molecule has 11 rings (SSSR count). The summed E-state index contributed by atoms with van der Waals surface area (Å²) in [5.41, 5.74) is 11.5. The highest BCUT2D eigenvalue weighted by atomic mass is 15.2. The monoisotopic (exact) mass is 619 g/mol. The van der Waals surface area contributed by atoms with Gasteiger partial charge in [0.1, 0.15) is 0 Å². The number of rotatable bonds is 4. The highest BCUT2D eigenvalue weighted by Crippen LogP contribution is 2.29. The molecule has 5 aromatic carbocycles. The Kier molecular flexibility index (Phi) is 4.93. The first kappa shape index (κ1) is 25.3. The Balaban J connectivity index is 0.977. The van der Waals surface area contributed by atoms with Gasteiger partial charge in [-0.15, -0.1) is 0 Å². The quantitative estimate of drug-likeness (QED) is 0.200. The number of benzene rings is 5. The Labute approximate surface area is 272 Å². The van der Waals surface area contributed by atoms with Gasteiger partial charge < -0.3 is 0 Å². The molecule has 0 aliphatic heterocycles. The summed E-state index contributed by atoms with van der Waals surface area (Å²) in [5, 5.41) is 0. The van der Waals surface area contributed by atoms with E-state index in [9.17, 15) is 0 Å². The number of aromatic nitrogens is 9. The van der Waals surface area contributed by atoms with Crippen LogP contribution in [-0.2, 0) is 0 Å². The van der Waals surface area contributed by atoms with Crippen molar-refractivity contribution >= 4 is 50.4 Å². The summed E-state index contributed by atoms with van der Waals surface area (Å²) < 4.78 is 12.8. The van der Waals surface area contributed by atoms with E-state index in [4.69, 9.17) is 15.0 Å². The van der Waals surface area contributed by atoms with Crippen molar-refractivity contribution in [3.8, 4) is 28.2 Å². The van der Waals surface area contributed by atoms with Crippen molar-refractivity contribution in [3.05, 3.63) is 152 Å². The van der Waals surface area contributed by atoms with Crippen LogP contribution in [0, 0.1) is 0 Å². The standard InChI is InChI=1S/C39H25N9/c1-3-13-34-31(11-1)40-37-43(17-20-46(34)37)28-9-5-7-26(23-28)27-8-6-10-29(24-27)44-19-22-48-36-25-30(15-16-33(36)42-39(44)48)45-18-21-47-35-14-4-2-12-32(35)41-38(45)47/h1-25H. The first-order valence-corrected chi connectivity index (χ1v) is 15.9. The first-order valence-electron chi connectivity index (χ1n) is 15.9. The second-order valence-corrected chi connectivity index (χ2v) is 12.1. The molecule has 0 atom stereocenters. The summed E-state index contributed by atoms with van der Waals surface area (Å²) in [4.78, 5) is 14.8. The average molecular weight is 620 g/mol. The van der Waals surface area contributed by atoms with E-state index in [1.807, 2.05) is 30.3 Å². The zero-order chi connectivity index (χ0) is 31.3. The van der Waals surface area contributed by atoms with Crippen LogP contribution in [-0.4, -0.2) is 41.9 Å². The largest absolute Gasteiger partial charge is 0.286 e. The summed E-state index contributed by atoms with van der Waals surface area (Å²) in [6.45, 7) is 0. The highest BCUT2D eigenvalue weighted by molar-refractivity contribution is 5.84. The van der Waals surface area contributed by atoms with E-state index in [1.54, 1.807) is 0 Å². The topological polar surface area (TPSA) is 66.7 Å². The van der Waals surface area contributed by atoms with Crippen molar-refractivity contribution in [3.63, 3.8) is 0 Å². The van der Waals surface area contributed by atoms with Gasteiger partial charge in [0.2, 0.25) is 17.3 Å². The zero-order valence-electron chi connectivity index (χ0n) is 25.5. The van der Waals surface area contributed by atoms with Gasteiger partial charge in [0.05, 0.1) is 38.8 Å².